The van der Waals surface area contributed by atoms with Gasteiger partial charge in [0.2, 0.25) is 0 Å². The zero-order valence-electron chi connectivity index (χ0n) is 8.46. The molecule has 0 aliphatic carbocycles. The fourth-order valence-corrected chi connectivity index (χ4v) is 1.39. The zero-order chi connectivity index (χ0) is 10.7. The molecule has 0 saturated carbocycles. The van der Waals surface area contributed by atoms with Crippen molar-refractivity contribution in [1.29, 1.82) is 0 Å². The van der Waals surface area contributed by atoms with Gasteiger partial charge in [-0.25, -0.2) is 4.72 Å². The number of halogens is 1. The first kappa shape index (κ1) is 13.2. The van der Waals surface area contributed by atoms with E-state index in [1.165, 1.54) is 14.1 Å². The average molecular weight is 229 g/mol. The molecule has 0 rings (SSSR count). The summed E-state index contributed by atoms with van der Waals surface area (Å²) in [6.07, 6.45) is 0. The van der Waals surface area contributed by atoms with Crippen molar-refractivity contribution < 1.29 is 8.42 Å². The van der Waals surface area contributed by atoms with Gasteiger partial charge in [-0.3, -0.25) is 0 Å². The molecule has 0 aliphatic rings. The Morgan fingerprint density at radius 2 is 1.85 bits per heavy atom. The number of hydrogen-bond donors (Lipinski definition) is 1. The highest BCUT2D eigenvalue weighted by atomic mass is 35.5. The third-order valence-electron chi connectivity index (χ3n) is 1.58. The van der Waals surface area contributed by atoms with Gasteiger partial charge in [-0.2, -0.15) is 12.7 Å². The second-order valence-electron chi connectivity index (χ2n) is 3.91. The van der Waals surface area contributed by atoms with Crippen LogP contribution in [0.25, 0.3) is 0 Å². The van der Waals surface area contributed by atoms with Gasteiger partial charge < -0.3 is 0 Å². The smallest absolute Gasteiger partial charge is 0.202 e. The first-order valence-electron chi connectivity index (χ1n) is 3.94. The lowest BCUT2D eigenvalue weighted by molar-refractivity contribution is 0.405. The molecule has 4 nitrogen and oxygen atoms in total. The van der Waals surface area contributed by atoms with E-state index in [1.807, 2.05) is 13.8 Å². The van der Waals surface area contributed by atoms with E-state index >= 15 is 0 Å². The lowest BCUT2D eigenvalue weighted by Crippen LogP contribution is -2.41. The van der Waals surface area contributed by atoms with Crippen molar-refractivity contribution >= 4 is 21.8 Å². The Bertz CT molecular complexity index is 249. The predicted molar refractivity (Wildman–Crippen MR) is 55.1 cm³/mol. The van der Waals surface area contributed by atoms with Gasteiger partial charge in [0.25, 0.3) is 10.2 Å². The summed E-state index contributed by atoms with van der Waals surface area (Å²) < 4.78 is 26.1. The molecule has 0 bridgehead atoms. The second kappa shape index (κ2) is 4.59. The standard InChI is InChI=1S/C7H17ClN2O2S/c1-7(2,5-8)6-9-13(11,12)10(3)4/h9H,5-6H2,1-4H3. The number of nitrogens with one attached hydrogen (secondary N) is 1. The molecule has 0 spiro atoms. The van der Waals surface area contributed by atoms with Crippen LogP contribution < -0.4 is 4.72 Å². The summed E-state index contributed by atoms with van der Waals surface area (Å²) in [5.41, 5.74) is -0.218. The summed E-state index contributed by atoms with van der Waals surface area (Å²) >= 11 is 5.65. The van der Waals surface area contributed by atoms with Crippen LogP contribution in [0.5, 0.6) is 0 Å². The molecule has 0 aromatic heterocycles. The molecule has 80 valence electrons. The van der Waals surface area contributed by atoms with Gasteiger partial charge in [-0.1, -0.05) is 13.8 Å². The van der Waals surface area contributed by atoms with Crippen LogP contribution in [-0.4, -0.2) is 39.2 Å². The SMILES string of the molecule is CN(C)S(=O)(=O)NCC(C)(C)CCl. The molecule has 0 saturated heterocycles. The van der Waals surface area contributed by atoms with Gasteiger partial charge in [0.05, 0.1) is 0 Å². The Morgan fingerprint density at radius 3 is 2.15 bits per heavy atom. The number of alkyl halides is 1. The first-order valence-corrected chi connectivity index (χ1v) is 5.92. The maximum atomic E-state index is 11.3. The van der Waals surface area contributed by atoms with Gasteiger partial charge in [0.1, 0.15) is 0 Å². The second-order valence-corrected chi connectivity index (χ2v) is 6.14. The lowest BCUT2D eigenvalue weighted by Gasteiger charge is -2.22. The molecular weight excluding hydrogens is 212 g/mol. The van der Waals surface area contributed by atoms with E-state index in [-0.39, 0.29) is 5.41 Å². The van der Waals surface area contributed by atoms with Crippen molar-refractivity contribution in [1.82, 2.24) is 9.03 Å². The average Bonchev–Trinajstić information content (AvgIpc) is 2.01. The van der Waals surface area contributed by atoms with Crippen molar-refractivity contribution in [3.63, 3.8) is 0 Å². The van der Waals surface area contributed by atoms with Crippen molar-refractivity contribution in [2.24, 2.45) is 5.41 Å². The molecule has 0 aromatic rings. The fraction of sp³-hybridized carbons (Fsp3) is 1.00. The van der Waals surface area contributed by atoms with Crippen LogP contribution in [0.3, 0.4) is 0 Å². The van der Waals surface area contributed by atoms with Gasteiger partial charge in [0.15, 0.2) is 0 Å². The summed E-state index contributed by atoms with van der Waals surface area (Å²) in [5.74, 6) is 0.420. The Hall–Kier alpha value is 0.160. The summed E-state index contributed by atoms with van der Waals surface area (Å²) in [6.45, 7) is 4.15. The van der Waals surface area contributed by atoms with Gasteiger partial charge in [-0.15, -0.1) is 11.6 Å². The highest BCUT2D eigenvalue weighted by molar-refractivity contribution is 7.87. The summed E-state index contributed by atoms with van der Waals surface area (Å²) in [6, 6.07) is 0. The molecule has 0 aliphatic heterocycles. The van der Waals surface area contributed by atoms with Gasteiger partial charge in [-0.05, 0) is 5.41 Å². The third kappa shape index (κ3) is 4.81. The molecule has 0 radical (unpaired) electrons. The number of nitrogens with zero attached hydrogens (tertiary/aromatic N) is 1. The Morgan fingerprint density at radius 1 is 1.38 bits per heavy atom. The monoisotopic (exact) mass is 228 g/mol. The van der Waals surface area contributed by atoms with Crippen LogP contribution in [0.15, 0.2) is 0 Å². The molecule has 13 heavy (non-hydrogen) atoms. The molecule has 0 amide bonds. The summed E-state index contributed by atoms with van der Waals surface area (Å²) in [4.78, 5) is 0. The molecular formula is C7H17ClN2O2S. The van der Waals surface area contributed by atoms with Crippen LogP contribution in [0, 0.1) is 5.41 Å². The topological polar surface area (TPSA) is 49.4 Å². The van der Waals surface area contributed by atoms with Crippen LogP contribution >= 0.6 is 11.6 Å². The van der Waals surface area contributed by atoms with E-state index in [4.69, 9.17) is 11.6 Å². The van der Waals surface area contributed by atoms with E-state index in [2.05, 4.69) is 4.72 Å². The van der Waals surface area contributed by atoms with Crippen molar-refractivity contribution in [2.75, 3.05) is 26.5 Å². The third-order valence-corrected chi connectivity index (χ3v) is 3.77. The van der Waals surface area contributed by atoms with Crippen LogP contribution in [0.4, 0.5) is 0 Å². The Kier molecular flexibility index (Phi) is 4.65. The Labute approximate surface area is 85.4 Å². The van der Waals surface area contributed by atoms with E-state index in [0.29, 0.717) is 12.4 Å². The maximum absolute atomic E-state index is 11.3. The van der Waals surface area contributed by atoms with E-state index in [1.54, 1.807) is 0 Å². The number of rotatable bonds is 5. The quantitative estimate of drug-likeness (QED) is 0.703. The minimum Gasteiger partial charge on any atom is -0.202 e. The minimum atomic E-state index is -3.32. The van der Waals surface area contributed by atoms with Crippen LogP contribution in [0.1, 0.15) is 13.8 Å². The van der Waals surface area contributed by atoms with Crippen LogP contribution in [0.2, 0.25) is 0 Å². The predicted octanol–water partition coefficient (Wildman–Crippen LogP) is 0.647. The maximum Gasteiger partial charge on any atom is 0.278 e. The van der Waals surface area contributed by atoms with Gasteiger partial charge >= 0.3 is 0 Å². The van der Waals surface area contributed by atoms with E-state index in [0.717, 1.165) is 4.31 Å². The van der Waals surface area contributed by atoms with Crippen molar-refractivity contribution in [3.8, 4) is 0 Å². The highest BCUT2D eigenvalue weighted by Gasteiger charge is 2.21. The zero-order valence-corrected chi connectivity index (χ0v) is 10.0. The fourth-order valence-electron chi connectivity index (χ4n) is 0.463. The molecule has 6 heteroatoms. The highest BCUT2D eigenvalue weighted by Crippen LogP contribution is 2.15. The molecule has 0 aromatic carbocycles. The molecule has 0 fully saturated rings. The van der Waals surface area contributed by atoms with Crippen molar-refractivity contribution in [3.05, 3.63) is 0 Å². The van der Waals surface area contributed by atoms with Gasteiger partial charge in [0, 0.05) is 26.5 Å². The first-order chi connectivity index (χ1) is 5.71. The lowest BCUT2D eigenvalue weighted by atomic mass is 9.97. The van der Waals surface area contributed by atoms with Crippen LogP contribution in [-0.2, 0) is 10.2 Å². The minimum absolute atomic E-state index is 0.218. The Balaban J connectivity index is 4.19. The summed E-state index contributed by atoms with van der Waals surface area (Å²) in [7, 11) is -0.352. The van der Waals surface area contributed by atoms with E-state index in [9.17, 15) is 8.42 Å². The number of hydrogen-bond acceptors (Lipinski definition) is 2. The van der Waals surface area contributed by atoms with E-state index < -0.39 is 10.2 Å². The molecule has 0 atom stereocenters. The molecule has 1 N–H and O–H groups in total. The molecule has 0 unspecified atom stereocenters. The molecule has 0 heterocycles. The summed E-state index contributed by atoms with van der Waals surface area (Å²) in [5, 5.41) is 0. The largest absolute Gasteiger partial charge is 0.278 e. The van der Waals surface area contributed by atoms with Crippen molar-refractivity contribution in [2.45, 2.75) is 13.8 Å². The normalized spacial score (nSPS) is 13.7.